The Kier molecular flexibility index (Phi) is 2.25. The number of para-hydroxylation sites is 1. The second-order valence-corrected chi connectivity index (χ2v) is 4.78. The second-order valence-electron chi connectivity index (χ2n) is 4.78. The molecule has 1 atom stereocenters. The van der Waals surface area contributed by atoms with Crippen molar-refractivity contribution in [3.8, 4) is 0 Å². The number of H-pyrrole nitrogens is 1. The van der Waals surface area contributed by atoms with E-state index in [-0.39, 0.29) is 5.60 Å². The van der Waals surface area contributed by atoms with Crippen molar-refractivity contribution in [2.75, 3.05) is 6.61 Å². The Hall–Kier alpha value is -1.28. The summed E-state index contributed by atoms with van der Waals surface area (Å²) >= 11 is 0. The maximum Gasteiger partial charge on any atom is 0.0923 e. The van der Waals surface area contributed by atoms with Crippen LogP contribution < -0.4 is 0 Å². The molecule has 16 heavy (non-hydrogen) atoms. The van der Waals surface area contributed by atoms with Gasteiger partial charge in [0, 0.05) is 29.3 Å². The van der Waals surface area contributed by atoms with Gasteiger partial charge >= 0.3 is 0 Å². The van der Waals surface area contributed by atoms with Crippen molar-refractivity contribution in [3.63, 3.8) is 0 Å². The molecule has 1 fully saturated rings. The molecule has 3 rings (SSSR count). The molecule has 2 aromatic rings. The van der Waals surface area contributed by atoms with Gasteiger partial charge in [-0.15, -0.1) is 0 Å². The van der Waals surface area contributed by atoms with Gasteiger partial charge in [0.2, 0.25) is 0 Å². The van der Waals surface area contributed by atoms with Crippen molar-refractivity contribution in [3.05, 3.63) is 36.0 Å². The molecule has 2 nitrogen and oxygen atoms in total. The smallest absolute Gasteiger partial charge is 0.0923 e. The molecular formula is C14H17NO. The Bertz CT molecular complexity index is 494. The van der Waals surface area contributed by atoms with Gasteiger partial charge in [-0.3, -0.25) is 0 Å². The van der Waals surface area contributed by atoms with E-state index >= 15 is 0 Å². The van der Waals surface area contributed by atoms with Crippen molar-refractivity contribution < 1.29 is 4.74 Å². The van der Waals surface area contributed by atoms with Crippen LogP contribution in [0.25, 0.3) is 10.9 Å². The summed E-state index contributed by atoms with van der Waals surface area (Å²) in [4.78, 5) is 3.33. The van der Waals surface area contributed by atoms with Crippen LogP contribution >= 0.6 is 0 Å². The fraction of sp³-hybridized carbons (Fsp3) is 0.429. The molecule has 0 radical (unpaired) electrons. The zero-order valence-electron chi connectivity index (χ0n) is 9.62. The maximum atomic E-state index is 6.00. The highest BCUT2D eigenvalue weighted by Gasteiger charge is 2.31. The van der Waals surface area contributed by atoms with Gasteiger partial charge in [-0.05, 0) is 32.3 Å². The first-order valence-electron chi connectivity index (χ1n) is 6.00. The molecule has 1 aliphatic rings. The lowest BCUT2D eigenvalue weighted by Crippen LogP contribution is -2.29. The van der Waals surface area contributed by atoms with E-state index in [4.69, 9.17) is 4.74 Å². The lowest BCUT2D eigenvalue weighted by molar-refractivity contribution is -0.0691. The molecule has 1 aromatic carbocycles. The average molecular weight is 215 g/mol. The lowest BCUT2D eigenvalue weighted by Gasteiger charge is -2.33. The Labute approximate surface area is 95.6 Å². The summed E-state index contributed by atoms with van der Waals surface area (Å²) in [6.07, 6.45) is 5.68. The standard InChI is InChI=1S/C14H17NO/c1-14(8-4-5-9-16-14)12-10-15-13-7-3-2-6-11(12)13/h2-3,6-7,10,15H,4-5,8-9H2,1H3. The normalized spacial score (nSPS) is 26.1. The third-order valence-electron chi connectivity index (χ3n) is 3.63. The van der Waals surface area contributed by atoms with Crippen LogP contribution in [0.3, 0.4) is 0 Å². The summed E-state index contributed by atoms with van der Waals surface area (Å²) in [7, 11) is 0. The van der Waals surface area contributed by atoms with Crippen molar-refractivity contribution >= 4 is 10.9 Å². The van der Waals surface area contributed by atoms with Gasteiger partial charge in [0.15, 0.2) is 0 Å². The van der Waals surface area contributed by atoms with Crippen LogP contribution in [-0.4, -0.2) is 11.6 Å². The van der Waals surface area contributed by atoms with Crippen LogP contribution in [0.15, 0.2) is 30.5 Å². The van der Waals surface area contributed by atoms with Gasteiger partial charge in [-0.2, -0.15) is 0 Å². The highest BCUT2D eigenvalue weighted by Crippen LogP contribution is 2.38. The minimum atomic E-state index is -0.0994. The monoisotopic (exact) mass is 215 g/mol. The third kappa shape index (κ3) is 1.45. The molecule has 1 N–H and O–H groups in total. The fourth-order valence-electron chi connectivity index (χ4n) is 2.66. The van der Waals surface area contributed by atoms with Crippen LogP contribution in [0.2, 0.25) is 0 Å². The molecule has 2 heterocycles. The number of aromatic amines is 1. The first-order chi connectivity index (χ1) is 7.80. The predicted octanol–water partition coefficient (Wildman–Crippen LogP) is 3.58. The molecular weight excluding hydrogens is 198 g/mol. The van der Waals surface area contributed by atoms with E-state index in [1.54, 1.807) is 0 Å². The Morgan fingerprint density at radius 3 is 2.94 bits per heavy atom. The Balaban J connectivity index is 2.11. The zero-order valence-corrected chi connectivity index (χ0v) is 9.62. The van der Waals surface area contributed by atoms with Crippen molar-refractivity contribution in [2.24, 2.45) is 0 Å². The Morgan fingerprint density at radius 1 is 1.25 bits per heavy atom. The van der Waals surface area contributed by atoms with Gasteiger partial charge in [-0.1, -0.05) is 18.2 Å². The maximum absolute atomic E-state index is 6.00. The van der Waals surface area contributed by atoms with Gasteiger partial charge in [-0.25, -0.2) is 0 Å². The largest absolute Gasteiger partial charge is 0.371 e. The number of rotatable bonds is 1. The number of fused-ring (bicyclic) bond motifs is 1. The third-order valence-corrected chi connectivity index (χ3v) is 3.63. The number of aromatic nitrogens is 1. The minimum Gasteiger partial charge on any atom is -0.371 e. The molecule has 1 aliphatic heterocycles. The van der Waals surface area contributed by atoms with Gasteiger partial charge in [0.05, 0.1) is 5.60 Å². The van der Waals surface area contributed by atoms with Gasteiger partial charge < -0.3 is 9.72 Å². The van der Waals surface area contributed by atoms with Crippen LogP contribution in [0, 0.1) is 0 Å². The summed E-state index contributed by atoms with van der Waals surface area (Å²) in [5.41, 5.74) is 2.41. The first-order valence-corrected chi connectivity index (χ1v) is 6.00. The van der Waals surface area contributed by atoms with Crippen molar-refractivity contribution in [2.45, 2.75) is 31.8 Å². The SMILES string of the molecule is CC1(c2c[nH]c3ccccc23)CCCCO1. The summed E-state index contributed by atoms with van der Waals surface area (Å²) in [5, 5.41) is 1.30. The summed E-state index contributed by atoms with van der Waals surface area (Å²) in [6, 6.07) is 8.44. The number of hydrogen-bond donors (Lipinski definition) is 1. The van der Waals surface area contributed by atoms with Gasteiger partial charge in [0.1, 0.15) is 0 Å². The molecule has 84 valence electrons. The summed E-state index contributed by atoms with van der Waals surface area (Å²) in [6.45, 7) is 3.10. The summed E-state index contributed by atoms with van der Waals surface area (Å²) < 4.78 is 6.00. The molecule has 1 aromatic heterocycles. The van der Waals surface area contributed by atoms with Crippen LogP contribution in [-0.2, 0) is 10.3 Å². The number of benzene rings is 1. The highest BCUT2D eigenvalue weighted by atomic mass is 16.5. The van der Waals surface area contributed by atoms with E-state index in [1.807, 2.05) is 0 Å². The minimum absolute atomic E-state index is 0.0994. The average Bonchev–Trinajstić information content (AvgIpc) is 2.74. The second kappa shape index (κ2) is 3.63. The fourth-order valence-corrected chi connectivity index (χ4v) is 2.66. The number of ether oxygens (including phenoxy) is 1. The van der Waals surface area contributed by atoms with Gasteiger partial charge in [0.25, 0.3) is 0 Å². The molecule has 2 heteroatoms. The van der Waals surface area contributed by atoms with E-state index in [0.717, 1.165) is 13.0 Å². The van der Waals surface area contributed by atoms with Crippen molar-refractivity contribution in [1.82, 2.24) is 4.98 Å². The Morgan fingerprint density at radius 2 is 2.12 bits per heavy atom. The molecule has 1 unspecified atom stereocenters. The van der Waals surface area contributed by atoms with E-state index in [0.29, 0.717) is 0 Å². The topological polar surface area (TPSA) is 25.0 Å². The molecule has 0 bridgehead atoms. The quantitative estimate of drug-likeness (QED) is 0.772. The molecule has 0 saturated carbocycles. The van der Waals surface area contributed by atoms with Crippen LogP contribution in [0.1, 0.15) is 31.7 Å². The summed E-state index contributed by atoms with van der Waals surface area (Å²) in [5.74, 6) is 0. The van der Waals surface area contributed by atoms with E-state index < -0.39 is 0 Å². The molecule has 1 saturated heterocycles. The molecule has 0 aliphatic carbocycles. The van der Waals surface area contributed by atoms with E-state index in [9.17, 15) is 0 Å². The predicted molar refractivity (Wildman–Crippen MR) is 65.5 cm³/mol. The number of nitrogens with one attached hydrogen (secondary N) is 1. The van der Waals surface area contributed by atoms with Crippen molar-refractivity contribution in [1.29, 1.82) is 0 Å². The van der Waals surface area contributed by atoms with Crippen LogP contribution in [0.5, 0.6) is 0 Å². The zero-order chi connectivity index (χ0) is 11.0. The van der Waals surface area contributed by atoms with E-state index in [1.165, 1.54) is 29.3 Å². The van der Waals surface area contributed by atoms with E-state index in [2.05, 4.69) is 42.4 Å². The number of hydrogen-bond acceptors (Lipinski definition) is 1. The molecule has 0 amide bonds. The lowest BCUT2D eigenvalue weighted by atomic mass is 9.88. The molecule has 0 spiro atoms. The van der Waals surface area contributed by atoms with Crippen LogP contribution in [0.4, 0.5) is 0 Å². The highest BCUT2D eigenvalue weighted by molar-refractivity contribution is 5.83. The first kappa shape index (κ1) is 9.91.